The van der Waals surface area contributed by atoms with E-state index in [4.69, 9.17) is 4.74 Å². The Morgan fingerprint density at radius 2 is 0.848 bits per heavy atom. The van der Waals surface area contributed by atoms with E-state index in [1.807, 2.05) is 48.6 Å². The first-order valence-electron chi connectivity index (χ1n) is 28.2. The molecule has 0 aromatic rings. The number of ether oxygens (including phenoxy) is 1. The zero-order valence-corrected chi connectivity index (χ0v) is 43.6. The third-order valence-corrected chi connectivity index (χ3v) is 12.6. The first-order valence-corrected chi connectivity index (χ1v) is 28.2. The van der Waals surface area contributed by atoms with Crippen molar-refractivity contribution in [1.29, 1.82) is 0 Å². The Kier molecular flexibility index (Phi) is 51.1. The molecule has 66 heavy (non-hydrogen) atoms. The van der Waals surface area contributed by atoms with Crippen molar-refractivity contribution in [2.75, 3.05) is 6.61 Å². The molecule has 0 aliphatic carbocycles. The second-order valence-corrected chi connectivity index (χ2v) is 19.1. The first-order chi connectivity index (χ1) is 32.5. The summed E-state index contributed by atoms with van der Waals surface area (Å²) in [6.07, 6.45) is 68.3. The van der Waals surface area contributed by atoms with E-state index in [1.54, 1.807) is 0 Å². The highest BCUT2D eigenvalue weighted by Crippen LogP contribution is 2.18. The van der Waals surface area contributed by atoms with Crippen LogP contribution in [-0.2, 0) is 14.3 Å². The lowest BCUT2D eigenvalue weighted by molar-refractivity contribution is -0.151. The van der Waals surface area contributed by atoms with Gasteiger partial charge >= 0.3 is 5.97 Å². The number of esters is 1. The summed E-state index contributed by atoms with van der Waals surface area (Å²) in [7, 11) is 0. The Balaban J connectivity index is 4.58. The molecule has 0 aromatic carbocycles. The molecule has 0 saturated heterocycles. The van der Waals surface area contributed by atoms with Gasteiger partial charge in [0.05, 0.1) is 25.2 Å². The Hall–Kier alpha value is -2.70. The number of aliphatic hydroxyl groups excluding tert-OH is 2. The maximum atomic E-state index is 13.2. The quantitative estimate of drug-likeness (QED) is 0.0244. The average Bonchev–Trinajstić information content (AvgIpc) is 3.31. The Morgan fingerprint density at radius 1 is 0.455 bits per heavy atom. The zero-order valence-electron chi connectivity index (χ0n) is 43.6. The fourth-order valence-corrected chi connectivity index (χ4v) is 8.39. The fourth-order valence-electron chi connectivity index (χ4n) is 8.39. The Bertz CT molecular complexity index is 1220. The van der Waals surface area contributed by atoms with Crippen LogP contribution in [0.2, 0.25) is 0 Å². The van der Waals surface area contributed by atoms with E-state index in [9.17, 15) is 19.8 Å². The molecule has 3 unspecified atom stereocenters. The van der Waals surface area contributed by atoms with Crippen molar-refractivity contribution < 1.29 is 24.5 Å². The van der Waals surface area contributed by atoms with Gasteiger partial charge in [-0.25, -0.2) is 0 Å². The molecular formula is C60H107NO5. The fraction of sp³-hybridized carbons (Fsp3) is 0.767. The topological polar surface area (TPSA) is 95.9 Å². The predicted molar refractivity (Wildman–Crippen MR) is 287 cm³/mol. The number of allylic oxidation sites excluding steroid dienone is 12. The summed E-state index contributed by atoms with van der Waals surface area (Å²) < 4.78 is 5.91. The number of rotatable bonds is 50. The molecule has 382 valence electrons. The highest BCUT2D eigenvalue weighted by Gasteiger charge is 2.24. The van der Waals surface area contributed by atoms with Gasteiger partial charge in [0.1, 0.15) is 6.10 Å². The summed E-state index contributed by atoms with van der Waals surface area (Å²) in [6.45, 7) is 6.33. The maximum Gasteiger partial charge on any atom is 0.306 e. The molecule has 0 aliphatic rings. The van der Waals surface area contributed by atoms with Gasteiger partial charge in [-0.3, -0.25) is 9.59 Å². The summed E-state index contributed by atoms with van der Waals surface area (Å²) in [6, 6.07) is -0.728. The highest BCUT2D eigenvalue weighted by molar-refractivity contribution is 5.77. The van der Waals surface area contributed by atoms with Gasteiger partial charge in [-0.15, -0.1) is 0 Å². The smallest absolute Gasteiger partial charge is 0.306 e. The minimum absolute atomic E-state index is 0.0266. The average molecular weight is 923 g/mol. The van der Waals surface area contributed by atoms with E-state index < -0.39 is 18.2 Å². The zero-order chi connectivity index (χ0) is 48.1. The van der Waals surface area contributed by atoms with Gasteiger partial charge in [0.2, 0.25) is 5.91 Å². The molecule has 6 heteroatoms. The summed E-state index contributed by atoms with van der Waals surface area (Å²) >= 11 is 0. The summed E-state index contributed by atoms with van der Waals surface area (Å²) in [5.74, 6) is -0.544. The van der Waals surface area contributed by atoms with Crippen LogP contribution in [0.1, 0.15) is 271 Å². The molecule has 3 N–H and O–H groups in total. The number of aliphatic hydroxyl groups is 2. The van der Waals surface area contributed by atoms with Crippen molar-refractivity contribution in [3.63, 3.8) is 0 Å². The van der Waals surface area contributed by atoms with Gasteiger partial charge in [-0.1, -0.05) is 267 Å². The lowest BCUT2D eigenvalue weighted by Gasteiger charge is -2.24. The molecule has 1 amide bonds. The minimum Gasteiger partial charge on any atom is -0.462 e. The molecule has 6 nitrogen and oxygen atoms in total. The van der Waals surface area contributed by atoms with Crippen LogP contribution < -0.4 is 5.32 Å². The molecular weight excluding hydrogens is 815 g/mol. The number of carbonyl (C=O) groups excluding carboxylic acids is 2. The van der Waals surface area contributed by atoms with E-state index >= 15 is 0 Å². The van der Waals surface area contributed by atoms with Crippen LogP contribution in [0.15, 0.2) is 72.9 Å². The molecule has 0 radical (unpaired) electrons. The SMILES string of the molecule is CC/C=C/C=C/C=C\C=C/C=C/CCCC(CC(=O)NC(CO)C(O)CCCCCCCCCCCCCCCCC)OC(=O)CCCCCCCCCCC/C=C/CCCCCCCC. The molecule has 0 heterocycles. The number of hydrogen-bond donors (Lipinski definition) is 3. The van der Waals surface area contributed by atoms with E-state index in [0.717, 1.165) is 57.8 Å². The van der Waals surface area contributed by atoms with Crippen LogP contribution >= 0.6 is 0 Å². The van der Waals surface area contributed by atoms with Crippen LogP contribution in [0.4, 0.5) is 0 Å². The van der Waals surface area contributed by atoms with Crippen LogP contribution in [0, 0.1) is 0 Å². The lowest BCUT2D eigenvalue weighted by Crippen LogP contribution is -2.46. The molecule has 3 atom stereocenters. The molecule has 0 aliphatic heterocycles. The largest absolute Gasteiger partial charge is 0.462 e. The van der Waals surface area contributed by atoms with Crippen LogP contribution in [0.5, 0.6) is 0 Å². The molecule has 0 rings (SSSR count). The summed E-state index contributed by atoms with van der Waals surface area (Å²) in [5, 5.41) is 23.8. The standard InChI is InChI=1S/C60H107NO5/c1-4-7-10-13-16-19-22-25-27-28-29-30-32-35-38-41-44-47-50-53-60(65)66-56(51-48-45-42-39-36-33-24-21-18-15-12-9-6-3)54-59(64)61-57(55-62)58(63)52-49-46-43-40-37-34-31-26-23-20-17-14-11-8-5-2/h9,12,15,18,21,24-25,27,33,36,39,42,56-58,62-63H,4-8,10-11,13-14,16-17,19-20,22-23,26,28-32,34-35,37-38,40-41,43-55H2,1-3H3,(H,61,64)/b12-9+,18-15+,24-21-,27-25+,36-33-,42-39+. The van der Waals surface area contributed by atoms with Crippen molar-refractivity contribution in [1.82, 2.24) is 5.32 Å². The Labute approximate surface area is 409 Å². The van der Waals surface area contributed by atoms with E-state index in [-0.39, 0.29) is 24.9 Å². The summed E-state index contributed by atoms with van der Waals surface area (Å²) in [5.41, 5.74) is 0. The molecule has 0 saturated carbocycles. The van der Waals surface area contributed by atoms with Gasteiger partial charge in [0.25, 0.3) is 0 Å². The van der Waals surface area contributed by atoms with Gasteiger partial charge in [-0.2, -0.15) is 0 Å². The number of nitrogens with one attached hydrogen (secondary N) is 1. The Morgan fingerprint density at radius 3 is 1.30 bits per heavy atom. The normalized spacial score (nSPS) is 13.7. The number of amides is 1. The van der Waals surface area contributed by atoms with Gasteiger partial charge in [0.15, 0.2) is 0 Å². The van der Waals surface area contributed by atoms with E-state index in [1.165, 1.54) is 167 Å². The van der Waals surface area contributed by atoms with Gasteiger partial charge < -0.3 is 20.3 Å². The molecule has 0 spiro atoms. The van der Waals surface area contributed by atoms with E-state index in [2.05, 4.69) is 50.4 Å². The van der Waals surface area contributed by atoms with Crippen LogP contribution in [-0.4, -0.2) is 46.9 Å². The van der Waals surface area contributed by atoms with Crippen molar-refractivity contribution >= 4 is 11.9 Å². The second-order valence-electron chi connectivity index (χ2n) is 19.1. The third-order valence-electron chi connectivity index (χ3n) is 12.6. The highest BCUT2D eigenvalue weighted by atomic mass is 16.5. The van der Waals surface area contributed by atoms with Crippen LogP contribution in [0.3, 0.4) is 0 Å². The molecule has 0 aromatic heterocycles. The number of hydrogen-bond acceptors (Lipinski definition) is 5. The van der Waals surface area contributed by atoms with E-state index in [0.29, 0.717) is 19.3 Å². The van der Waals surface area contributed by atoms with Crippen molar-refractivity contribution in [2.45, 2.75) is 289 Å². The van der Waals surface area contributed by atoms with Crippen LogP contribution in [0.25, 0.3) is 0 Å². The predicted octanol–water partition coefficient (Wildman–Crippen LogP) is 17.3. The minimum atomic E-state index is -0.810. The third kappa shape index (κ3) is 47.8. The van der Waals surface area contributed by atoms with Gasteiger partial charge in [-0.05, 0) is 64.2 Å². The molecule has 0 fully saturated rings. The first kappa shape index (κ1) is 63.3. The number of unbranched alkanes of at least 4 members (excludes halogenated alkanes) is 30. The molecule has 0 bridgehead atoms. The second kappa shape index (κ2) is 53.3. The lowest BCUT2D eigenvalue weighted by atomic mass is 10.0. The summed E-state index contributed by atoms with van der Waals surface area (Å²) in [4.78, 5) is 26.2. The maximum absolute atomic E-state index is 13.2. The van der Waals surface area contributed by atoms with Crippen molar-refractivity contribution in [3.8, 4) is 0 Å². The number of carbonyl (C=O) groups is 2. The van der Waals surface area contributed by atoms with Crippen molar-refractivity contribution in [3.05, 3.63) is 72.9 Å². The van der Waals surface area contributed by atoms with Gasteiger partial charge in [0, 0.05) is 6.42 Å². The monoisotopic (exact) mass is 922 g/mol. The van der Waals surface area contributed by atoms with Crippen molar-refractivity contribution in [2.24, 2.45) is 0 Å².